The number of nitrogens with zero attached hydrogens (tertiary/aromatic N) is 5. The average molecular weight is 393 g/mol. The van der Waals surface area contributed by atoms with Gasteiger partial charge in [0.05, 0.1) is 24.4 Å². The number of fused-ring (bicyclic) bond motifs is 1. The number of pyridine rings is 1. The summed E-state index contributed by atoms with van der Waals surface area (Å²) in [7, 11) is 1.38. The van der Waals surface area contributed by atoms with Crippen LogP contribution in [-0.2, 0) is 9.53 Å². The van der Waals surface area contributed by atoms with Crippen LogP contribution in [0.5, 0.6) is 0 Å². The number of benzene rings is 1. The number of amides is 1. The van der Waals surface area contributed by atoms with Gasteiger partial charge in [-0.2, -0.15) is 0 Å². The number of piperidine rings is 1. The topological polar surface area (TPSA) is 90.2 Å². The summed E-state index contributed by atoms with van der Waals surface area (Å²) in [6.07, 6.45) is 4.23. The van der Waals surface area contributed by atoms with Gasteiger partial charge in [0.1, 0.15) is 0 Å². The monoisotopic (exact) mass is 393 g/mol. The van der Waals surface area contributed by atoms with Crippen LogP contribution < -0.4 is 0 Å². The average Bonchev–Trinajstić information content (AvgIpc) is 3.12. The molecule has 1 amide bonds. The Labute approximate surface area is 168 Å². The molecule has 1 saturated heterocycles. The van der Waals surface area contributed by atoms with Gasteiger partial charge < -0.3 is 9.64 Å². The Morgan fingerprint density at radius 2 is 2.03 bits per heavy atom. The number of methoxy groups -OCH3 is 1. The minimum absolute atomic E-state index is 0.206. The molecule has 0 radical (unpaired) electrons. The summed E-state index contributed by atoms with van der Waals surface area (Å²) >= 11 is 0. The first kappa shape index (κ1) is 19.0. The van der Waals surface area contributed by atoms with Crippen molar-refractivity contribution in [1.29, 1.82) is 0 Å². The third-order valence-corrected chi connectivity index (χ3v) is 5.46. The third kappa shape index (κ3) is 3.46. The summed E-state index contributed by atoms with van der Waals surface area (Å²) in [5, 5.41) is 10.4. The van der Waals surface area contributed by atoms with E-state index in [1.165, 1.54) is 7.11 Å². The van der Waals surface area contributed by atoms with Crippen molar-refractivity contribution < 1.29 is 14.3 Å². The fourth-order valence-corrected chi connectivity index (χ4v) is 4.05. The summed E-state index contributed by atoms with van der Waals surface area (Å²) in [6, 6.07) is 7.76. The minimum Gasteiger partial charge on any atom is -0.469 e. The Kier molecular flexibility index (Phi) is 5.00. The van der Waals surface area contributed by atoms with Crippen molar-refractivity contribution in [1.82, 2.24) is 24.9 Å². The van der Waals surface area contributed by atoms with Gasteiger partial charge in [-0.25, -0.2) is 4.68 Å². The number of ether oxygens (including phenoxy) is 1. The van der Waals surface area contributed by atoms with Crippen LogP contribution in [0, 0.1) is 18.8 Å². The second-order valence-corrected chi connectivity index (χ2v) is 7.58. The van der Waals surface area contributed by atoms with Crippen molar-refractivity contribution in [2.45, 2.75) is 20.3 Å². The molecule has 8 heteroatoms. The molecule has 8 nitrogen and oxygen atoms in total. The molecule has 0 bridgehead atoms. The van der Waals surface area contributed by atoms with Crippen LogP contribution in [0.15, 0.2) is 36.7 Å². The van der Waals surface area contributed by atoms with Crippen molar-refractivity contribution >= 4 is 22.6 Å². The standard InChI is InChI=1S/C21H23N5O3/c1-13-9-16(21(28)29-3)12-25(11-13)20(27)19-14(2)26(24-23-19)18-6-4-5-15-10-22-8-7-17(15)18/h4-8,10,13,16H,9,11-12H2,1-3H3. The van der Waals surface area contributed by atoms with Gasteiger partial charge in [-0.05, 0) is 31.4 Å². The molecular weight excluding hydrogens is 370 g/mol. The molecule has 3 aromatic rings. The Morgan fingerprint density at radius 3 is 2.83 bits per heavy atom. The molecule has 3 heterocycles. The van der Waals surface area contributed by atoms with Gasteiger partial charge in [0, 0.05) is 36.3 Å². The molecule has 1 aliphatic heterocycles. The molecule has 2 unspecified atom stereocenters. The number of hydrogen-bond acceptors (Lipinski definition) is 6. The highest BCUT2D eigenvalue weighted by atomic mass is 16.5. The second-order valence-electron chi connectivity index (χ2n) is 7.58. The van der Waals surface area contributed by atoms with Crippen LogP contribution in [-0.4, -0.2) is 57.0 Å². The van der Waals surface area contributed by atoms with Gasteiger partial charge in [0.15, 0.2) is 5.69 Å². The first-order valence-electron chi connectivity index (χ1n) is 9.62. The smallest absolute Gasteiger partial charge is 0.310 e. The molecule has 1 aliphatic rings. The SMILES string of the molecule is COC(=O)C1CC(C)CN(C(=O)c2nnn(-c3cccc4cnccc34)c2C)C1. The van der Waals surface area contributed by atoms with Gasteiger partial charge >= 0.3 is 5.97 Å². The third-order valence-electron chi connectivity index (χ3n) is 5.46. The van der Waals surface area contributed by atoms with Crippen molar-refractivity contribution in [3.63, 3.8) is 0 Å². The molecule has 0 N–H and O–H groups in total. The maximum atomic E-state index is 13.2. The van der Waals surface area contributed by atoms with Gasteiger partial charge in [0.25, 0.3) is 5.91 Å². The zero-order valence-corrected chi connectivity index (χ0v) is 16.7. The normalized spacial score (nSPS) is 19.3. The van der Waals surface area contributed by atoms with E-state index in [0.717, 1.165) is 16.5 Å². The Balaban J connectivity index is 1.66. The lowest BCUT2D eigenvalue weighted by Crippen LogP contribution is -2.46. The van der Waals surface area contributed by atoms with E-state index in [4.69, 9.17) is 4.74 Å². The second kappa shape index (κ2) is 7.62. The lowest BCUT2D eigenvalue weighted by Gasteiger charge is -2.34. The van der Waals surface area contributed by atoms with E-state index < -0.39 is 0 Å². The van der Waals surface area contributed by atoms with Gasteiger partial charge in [-0.1, -0.05) is 24.3 Å². The maximum absolute atomic E-state index is 13.2. The van der Waals surface area contributed by atoms with E-state index in [1.807, 2.05) is 38.1 Å². The molecule has 0 saturated carbocycles. The molecule has 2 aromatic heterocycles. The molecule has 1 aromatic carbocycles. The molecule has 0 aliphatic carbocycles. The van der Waals surface area contributed by atoms with E-state index in [1.54, 1.807) is 22.0 Å². The van der Waals surface area contributed by atoms with Crippen LogP contribution >= 0.6 is 0 Å². The van der Waals surface area contributed by atoms with Crippen molar-refractivity contribution in [3.8, 4) is 5.69 Å². The number of esters is 1. The molecule has 0 spiro atoms. The van der Waals surface area contributed by atoms with Crippen molar-refractivity contribution in [2.24, 2.45) is 11.8 Å². The highest BCUT2D eigenvalue weighted by Crippen LogP contribution is 2.26. The first-order valence-corrected chi connectivity index (χ1v) is 9.62. The number of carbonyl (C=O) groups excluding carboxylic acids is 2. The number of rotatable bonds is 3. The van der Waals surface area contributed by atoms with Gasteiger partial charge in [-0.3, -0.25) is 14.6 Å². The first-order chi connectivity index (χ1) is 14.0. The van der Waals surface area contributed by atoms with Crippen LogP contribution in [0.2, 0.25) is 0 Å². The predicted molar refractivity (Wildman–Crippen MR) is 107 cm³/mol. The molecule has 150 valence electrons. The summed E-state index contributed by atoms with van der Waals surface area (Å²) < 4.78 is 6.57. The number of aromatic nitrogens is 4. The fourth-order valence-electron chi connectivity index (χ4n) is 4.05. The molecule has 1 fully saturated rings. The summed E-state index contributed by atoms with van der Waals surface area (Å²) in [5.74, 6) is -0.596. The summed E-state index contributed by atoms with van der Waals surface area (Å²) in [5.41, 5.74) is 1.80. The number of hydrogen-bond donors (Lipinski definition) is 0. The fraction of sp³-hybridized carbons (Fsp3) is 0.381. The predicted octanol–water partition coefficient (Wildman–Crippen LogP) is 2.40. The maximum Gasteiger partial charge on any atom is 0.310 e. The van der Waals surface area contributed by atoms with Gasteiger partial charge in [-0.15, -0.1) is 5.10 Å². The Bertz CT molecular complexity index is 1070. The quantitative estimate of drug-likeness (QED) is 0.635. The van der Waals surface area contributed by atoms with E-state index >= 15 is 0 Å². The molecular formula is C21H23N5O3. The van der Waals surface area contributed by atoms with Crippen LogP contribution in [0.3, 0.4) is 0 Å². The van der Waals surface area contributed by atoms with E-state index in [9.17, 15) is 9.59 Å². The summed E-state index contributed by atoms with van der Waals surface area (Å²) in [4.78, 5) is 31.0. The largest absolute Gasteiger partial charge is 0.469 e. The Morgan fingerprint density at radius 1 is 1.21 bits per heavy atom. The lowest BCUT2D eigenvalue weighted by atomic mass is 9.90. The molecule has 29 heavy (non-hydrogen) atoms. The van der Waals surface area contributed by atoms with Crippen LogP contribution in [0.4, 0.5) is 0 Å². The highest BCUT2D eigenvalue weighted by Gasteiger charge is 2.34. The number of likely N-dealkylation sites (tertiary alicyclic amines) is 1. The molecule has 2 atom stereocenters. The van der Waals surface area contributed by atoms with Gasteiger partial charge in [0.2, 0.25) is 0 Å². The van der Waals surface area contributed by atoms with E-state index in [-0.39, 0.29) is 23.7 Å². The van der Waals surface area contributed by atoms with E-state index in [0.29, 0.717) is 30.9 Å². The zero-order chi connectivity index (χ0) is 20.5. The Hall–Kier alpha value is -3.29. The minimum atomic E-state index is -0.311. The van der Waals surface area contributed by atoms with E-state index in [2.05, 4.69) is 15.3 Å². The zero-order valence-electron chi connectivity index (χ0n) is 16.7. The van der Waals surface area contributed by atoms with Crippen LogP contribution in [0.25, 0.3) is 16.5 Å². The lowest BCUT2D eigenvalue weighted by molar-refractivity contribution is -0.147. The van der Waals surface area contributed by atoms with Crippen molar-refractivity contribution in [3.05, 3.63) is 48.0 Å². The van der Waals surface area contributed by atoms with Crippen molar-refractivity contribution in [2.75, 3.05) is 20.2 Å². The molecule has 4 rings (SSSR count). The summed E-state index contributed by atoms with van der Waals surface area (Å²) in [6.45, 7) is 4.78. The number of carbonyl (C=O) groups is 2. The van der Waals surface area contributed by atoms with Crippen LogP contribution in [0.1, 0.15) is 29.5 Å². The highest BCUT2D eigenvalue weighted by molar-refractivity contribution is 5.94.